The Hall–Kier alpha value is -1.50. The molecule has 1 aromatic heterocycles. The Labute approximate surface area is 93.3 Å². The molecule has 1 aromatic rings. The normalized spacial score (nSPS) is 11.0. The van der Waals surface area contributed by atoms with Gasteiger partial charge in [-0.05, 0) is 0 Å². The first-order valence-electron chi connectivity index (χ1n) is 4.38. The van der Waals surface area contributed by atoms with Crippen molar-refractivity contribution in [3.05, 3.63) is 18.1 Å². The van der Waals surface area contributed by atoms with Gasteiger partial charge in [-0.1, -0.05) is 0 Å². The summed E-state index contributed by atoms with van der Waals surface area (Å²) in [5, 5.41) is 2.38. The molecule has 0 atom stereocenters. The molecule has 0 aliphatic heterocycles. The molecule has 0 unspecified atom stereocenters. The van der Waals surface area contributed by atoms with Gasteiger partial charge < -0.3 is 5.32 Å². The predicted octanol–water partition coefficient (Wildman–Crippen LogP) is 1.54. The van der Waals surface area contributed by atoms with Crippen molar-refractivity contribution in [3.63, 3.8) is 0 Å². The highest BCUT2D eigenvalue weighted by molar-refractivity contribution is 7.92. The number of hydrogen-bond acceptors (Lipinski definition) is 4. The molecule has 0 saturated heterocycles. The van der Waals surface area contributed by atoms with Crippen LogP contribution in [0.25, 0.3) is 0 Å². The van der Waals surface area contributed by atoms with E-state index in [4.69, 9.17) is 0 Å². The van der Waals surface area contributed by atoms with Crippen molar-refractivity contribution in [2.45, 2.75) is 6.92 Å². The molecule has 1 amide bonds. The molecule has 5 nitrogen and oxygen atoms in total. The molecule has 0 aliphatic carbocycles. The number of halogens is 1. The number of carbonyl (C=O) groups is 1. The largest absolute Gasteiger partial charge is 0.325 e. The summed E-state index contributed by atoms with van der Waals surface area (Å²) in [6, 6.07) is 1.08. The number of amides is 1. The molecular formula is C9H12FN3O2S. The summed E-state index contributed by atoms with van der Waals surface area (Å²) in [5.74, 6) is -1.26. The first-order valence-corrected chi connectivity index (χ1v) is 6.71. The highest BCUT2D eigenvalue weighted by Gasteiger charge is 2.06. The first kappa shape index (κ1) is 12.6. The summed E-state index contributed by atoms with van der Waals surface area (Å²) in [7, 11) is -2.45. The van der Waals surface area contributed by atoms with Crippen LogP contribution >= 0.6 is 0 Å². The van der Waals surface area contributed by atoms with E-state index in [1.165, 1.54) is 25.6 Å². The Morgan fingerprint density at radius 1 is 1.56 bits per heavy atom. The number of aromatic nitrogens is 1. The summed E-state index contributed by atoms with van der Waals surface area (Å²) >= 11 is 0. The lowest BCUT2D eigenvalue weighted by Gasteiger charge is -2.03. The molecule has 1 rings (SSSR count). The number of pyridine rings is 1. The molecule has 0 saturated carbocycles. The standard InChI is InChI=1S/C9H12FN3O2S/c1-6(14)12-7-4-8(10)9(11-5-7)13-16(2,3)15/h4-5H,1-3H3,(H,12,14). The second-order valence-corrected chi connectivity index (χ2v) is 6.03. The van der Waals surface area contributed by atoms with E-state index in [1.807, 2.05) is 0 Å². The molecule has 0 radical (unpaired) electrons. The van der Waals surface area contributed by atoms with E-state index in [-0.39, 0.29) is 17.4 Å². The summed E-state index contributed by atoms with van der Waals surface area (Å²) in [5.41, 5.74) is 0.239. The minimum Gasteiger partial charge on any atom is -0.325 e. The van der Waals surface area contributed by atoms with Crippen LogP contribution in [0.4, 0.5) is 15.9 Å². The maximum Gasteiger partial charge on any atom is 0.221 e. The van der Waals surface area contributed by atoms with E-state index in [0.717, 1.165) is 6.07 Å². The third-order valence-corrected chi connectivity index (χ3v) is 2.06. The van der Waals surface area contributed by atoms with Crippen molar-refractivity contribution in [2.24, 2.45) is 4.36 Å². The number of anilines is 1. The van der Waals surface area contributed by atoms with Gasteiger partial charge in [0.2, 0.25) is 5.91 Å². The molecule has 0 bridgehead atoms. The molecule has 0 spiro atoms. The SMILES string of the molecule is CC(=O)Nc1cnc(N=S(C)(C)=O)c(F)c1. The zero-order valence-electron chi connectivity index (χ0n) is 9.15. The summed E-state index contributed by atoms with van der Waals surface area (Å²) in [6.45, 7) is 1.31. The molecule has 0 aromatic carbocycles. The molecule has 1 N–H and O–H groups in total. The zero-order chi connectivity index (χ0) is 12.3. The van der Waals surface area contributed by atoms with E-state index in [1.54, 1.807) is 0 Å². The van der Waals surface area contributed by atoms with Crippen LogP contribution in [-0.2, 0) is 14.5 Å². The van der Waals surface area contributed by atoms with Gasteiger partial charge in [-0.3, -0.25) is 4.79 Å². The molecule has 0 fully saturated rings. The van der Waals surface area contributed by atoms with Gasteiger partial charge in [-0.15, -0.1) is 0 Å². The monoisotopic (exact) mass is 245 g/mol. The van der Waals surface area contributed by atoms with Crippen LogP contribution < -0.4 is 5.32 Å². The van der Waals surface area contributed by atoms with Gasteiger partial charge in [-0.25, -0.2) is 13.6 Å². The van der Waals surface area contributed by atoms with Gasteiger partial charge in [0.1, 0.15) is 0 Å². The Morgan fingerprint density at radius 2 is 2.19 bits per heavy atom. The lowest BCUT2D eigenvalue weighted by atomic mass is 10.4. The van der Waals surface area contributed by atoms with E-state index >= 15 is 0 Å². The number of nitrogens with zero attached hydrogens (tertiary/aromatic N) is 2. The summed E-state index contributed by atoms with van der Waals surface area (Å²) < 4.78 is 28.4. The molecule has 1 heterocycles. The predicted molar refractivity (Wildman–Crippen MR) is 60.6 cm³/mol. The van der Waals surface area contributed by atoms with E-state index < -0.39 is 15.5 Å². The molecule has 16 heavy (non-hydrogen) atoms. The maximum atomic E-state index is 13.4. The first-order chi connectivity index (χ1) is 7.28. The molecular weight excluding hydrogens is 233 g/mol. The second kappa shape index (κ2) is 4.56. The maximum absolute atomic E-state index is 13.4. The summed E-state index contributed by atoms with van der Waals surface area (Å²) in [4.78, 5) is 14.4. The minimum atomic E-state index is -2.45. The number of rotatable bonds is 2. The highest BCUT2D eigenvalue weighted by Crippen LogP contribution is 2.19. The van der Waals surface area contributed by atoms with Crippen LogP contribution in [0.5, 0.6) is 0 Å². The van der Waals surface area contributed by atoms with Crippen LogP contribution in [0.3, 0.4) is 0 Å². The van der Waals surface area contributed by atoms with E-state index in [9.17, 15) is 13.4 Å². The topological polar surface area (TPSA) is 71.4 Å². The van der Waals surface area contributed by atoms with Crippen LogP contribution in [0.15, 0.2) is 16.6 Å². The fourth-order valence-corrected chi connectivity index (χ4v) is 1.53. The van der Waals surface area contributed by atoms with Crippen molar-refractivity contribution < 1.29 is 13.4 Å². The van der Waals surface area contributed by atoms with Gasteiger partial charge in [0.25, 0.3) is 0 Å². The Balaban J connectivity index is 3.10. The third kappa shape index (κ3) is 3.93. The Morgan fingerprint density at radius 3 is 2.62 bits per heavy atom. The van der Waals surface area contributed by atoms with Crippen molar-refractivity contribution >= 4 is 27.1 Å². The van der Waals surface area contributed by atoms with Gasteiger partial charge >= 0.3 is 0 Å². The number of nitrogens with one attached hydrogen (secondary N) is 1. The van der Waals surface area contributed by atoms with Crippen LogP contribution in [0.2, 0.25) is 0 Å². The zero-order valence-corrected chi connectivity index (χ0v) is 9.97. The number of hydrogen-bond donors (Lipinski definition) is 1. The van der Waals surface area contributed by atoms with Crippen molar-refractivity contribution in [1.82, 2.24) is 4.98 Å². The van der Waals surface area contributed by atoms with Gasteiger partial charge in [-0.2, -0.15) is 4.36 Å². The van der Waals surface area contributed by atoms with Crippen molar-refractivity contribution in [3.8, 4) is 0 Å². The smallest absolute Gasteiger partial charge is 0.221 e. The van der Waals surface area contributed by atoms with Crippen LogP contribution in [0, 0.1) is 5.82 Å². The molecule has 7 heteroatoms. The minimum absolute atomic E-state index is 0.218. The lowest BCUT2D eigenvalue weighted by molar-refractivity contribution is -0.114. The Bertz CT molecular complexity index is 528. The van der Waals surface area contributed by atoms with Crippen molar-refractivity contribution in [2.75, 3.05) is 17.8 Å². The Kier molecular flexibility index (Phi) is 3.58. The van der Waals surface area contributed by atoms with E-state index in [2.05, 4.69) is 14.7 Å². The molecule has 0 aliphatic rings. The highest BCUT2D eigenvalue weighted by atomic mass is 32.2. The van der Waals surface area contributed by atoms with Crippen LogP contribution in [0.1, 0.15) is 6.92 Å². The lowest BCUT2D eigenvalue weighted by Crippen LogP contribution is -2.06. The summed E-state index contributed by atoms with van der Waals surface area (Å²) in [6.07, 6.45) is 4.03. The fraction of sp³-hybridized carbons (Fsp3) is 0.333. The molecule has 88 valence electrons. The van der Waals surface area contributed by atoms with Crippen LogP contribution in [-0.4, -0.2) is 27.6 Å². The second-order valence-electron chi connectivity index (χ2n) is 3.48. The average Bonchev–Trinajstić information content (AvgIpc) is 2.06. The fourth-order valence-electron chi connectivity index (χ4n) is 0.978. The van der Waals surface area contributed by atoms with Gasteiger partial charge in [0.05, 0.1) is 11.9 Å². The quantitative estimate of drug-likeness (QED) is 0.859. The number of carbonyl (C=O) groups excluding carboxylic acids is 1. The van der Waals surface area contributed by atoms with Crippen molar-refractivity contribution in [1.29, 1.82) is 0 Å². The van der Waals surface area contributed by atoms with Gasteiger partial charge in [0, 0.05) is 35.2 Å². The average molecular weight is 245 g/mol. The van der Waals surface area contributed by atoms with E-state index in [0.29, 0.717) is 0 Å². The van der Waals surface area contributed by atoms with Gasteiger partial charge in [0.15, 0.2) is 11.6 Å². The third-order valence-electron chi connectivity index (χ3n) is 1.45.